The van der Waals surface area contributed by atoms with Crippen LogP contribution in [0.25, 0.3) is 0 Å². The molecule has 0 saturated carbocycles. The highest BCUT2D eigenvalue weighted by Gasteiger charge is 2.31. The number of nitrogens with two attached hydrogens (primary N) is 1. The summed E-state index contributed by atoms with van der Waals surface area (Å²) in [4.78, 5) is 105. The average molecular weight is 1020 g/mol. The van der Waals surface area contributed by atoms with E-state index in [1.165, 1.54) is 0 Å². The molecule has 0 radical (unpaired) electrons. The highest BCUT2D eigenvalue weighted by molar-refractivity contribution is 5.94. The van der Waals surface area contributed by atoms with Crippen LogP contribution in [0.2, 0.25) is 0 Å². The molecule has 0 aromatic heterocycles. The van der Waals surface area contributed by atoms with Gasteiger partial charge < -0.3 is 66.6 Å². The lowest BCUT2D eigenvalue weighted by molar-refractivity contribution is -0.149. The fraction of sp³-hybridized carbons (Fsp3) is 0.725. The van der Waals surface area contributed by atoms with Crippen molar-refractivity contribution in [2.45, 2.75) is 213 Å². The SMILES string of the molecule is CC(C)(C)OC(=O)NCCCCC(N)C(=O)NC(CCCCNC(=O)OC(C)(C)C)C(=O)NC(CCCCNC(=O)OC(C)(C)C)C(=O)NC(CCCCNC(=O)OC(C)(C)C)C(=O)OCc1ccccc1. The van der Waals surface area contributed by atoms with Crippen LogP contribution in [0, 0.1) is 0 Å². The summed E-state index contributed by atoms with van der Waals surface area (Å²) < 4.78 is 26.8. The van der Waals surface area contributed by atoms with Crippen LogP contribution in [0.1, 0.15) is 166 Å². The first kappa shape index (κ1) is 64.2. The van der Waals surface area contributed by atoms with Crippen LogP contribution in [-0.4, -0.2) is 121 Å². The summed E-state index contributed by atoms with van der Waals surface area (Å²) in [6.07, 6.45) is 1.41. The maximum atomic E-state index is 14.3. The summed E-state index contributed by atoms with van der Waals surface area (Å²) in [6.45, 7) is 21.9. The zero-order chi connectivity index (χ0) is 54.5. The van der Waals surface area contributed by atoms with Gasteiger partial charge in [0, 0.05) is 26.2 Å². The second-order valence-electron chi connectivity index (χ2n) is 21.6. The summed E-state index contributed by atoms with van der Waals surface area (Å²) in [5, 5.41) is 19.1. The largest absolute Gasteiger partial charge is 0.459 e. The van der Waals surface area contributed by atoms with Crippen molar-refractivity contribution in [3.8, 4) is 0 Å². The van der Waals surface area contributed by atoms with Crippen molar-refractivity contribution in [1.82, 2.24) is 37.2 Å². The number of benzene rings is 1. The molecule has 0 spiro atoms. The first-order valence-corrected chi connectivity index (χ1v) is 25.2. The third kappa shape index (κ3) is 33.7. The second kappa shape index (κ2) is 32.3. The molecule has 0 aliphatic carbocycles. The molecule has 0 bridgehead atoms. The van der Waals surface area contributed by atoms with E-state index in [1.54, 1.807) is 107 Å². The quantitative estimate of drug-likeness (QED) is 0.0249. The van der Waals surface area contributed by atoms with Gasteiger partial charge in [-0.2, -0.15) is 0 Å². The zero-order valence-corrected chi connectivity index (χ0v) is 45.1. The van der Waals surface area contributed by atoms with Crippen LogP contribution in [0.4, 0.5) is 19.2 Å². The van der Waals surface area contributed by atoms with E-state index in [-0.39, 0.29) is 51.9 Å². The Morgan fingerprint density at radius 1 is 0.431 bits per heavy atom. The van der Waals surface area contributed by atoms with E-state index in [9.17, 15) is 38.4 Å². The van der Waals surface area contributed by atoms with Gasteiger partial charge in [0.1, 0.15) is 47.1 Å². The minimum absolute atomic E-state index is 0.0587. The van der Waals surface area contributed by atoms with E-state index in [0.717, 1.165) is 5.56 Å². The molecule has 0 aliphatic heterocycles. The number of carbonyl (C=O) groups excluding carboxylic acids is 8. The Balaban J connectivity index is 3.33. The first-order chi connectivity index (χ1) is 33.4. The summed E-state index contributed by atoms with van der Waals surface area (Å²) in [5.74, 6) is -2.71. The Hall–Kier alpha value is -5.86. The van der Waals surface area contributed by atoms with Gasteiger partial charge in [-0.3, -0.25) is 14.4 Å². The minimum atomic E-state index is -1.23. The maximum Gasteiger partial charge on any atom is 0.407 e. The van der Waals surface area contributed by atoms with Crippen molar-refractivity contribution in [2.75, 3.05) is 26.2 Å². The lowest BCUT2D eigenvalue weighted by Gasteiger charge is -2.26. The number of unbranched alkanes of at least 4 members (excludes halogenated alkanes) is 4. The number of esters is 1. The number of nitrogens with one attached hydrogen (secondary N) is 7. The fourth-order valence-corrected chi connectivity index (χ4v) is 6.50. The van der Waals surface area contributed by atoms with E-state index in [2.05, 4.69) is 37.2 Å². The first-order valence-electron chi connectivity index (χ1n) is 25.2. The molecule has 0 aliphatic rings. The van der Waals surface area contributed by atoms with Crippen LogP contribution in [0.15, 0.2) is 30.3 Å². The predicted molar refractivity (Wildman–Crippen MR) is 272 cm³/mol. The number of hydrogen-bond donors (Lipinski definition) is 8. The molecule has 0 saturated heterocycles. The molecule has 4 unspecified atom stereocenters. The standard InChI is InChI=1S/C51H88N8O13/c1-48(2,3)69-44(64)53-30-20-16-26-36(52)40(60)57-37(27-17-21-31-54-45(65)70-49(4,5)6)41(61)58-38(28-18-22-32-55-46(66)71-50(7,8)9)42(62)59-39(43(63)68-34-35-24-14-13-15-25-35)29-19-23-33-56-47(67)72-51(10,11)12/h13-15,24-25,36-39H,16-23,26-34,52H2,1-12H3,(H,53,64)(H,54,65)(H,55,66)(H,56,67)(H,57,60)(H,58,61)(H,59,62). The van der Waals surface area contributed by atoms with Crippen molar-refractivity contribution >= 4 is 48.1 Å². The molecule has 7 amide bonds. The van der Waals surface area contributed by atoms with Gasteiger partial charge in [-0.05, 0) is 166 Å². The monoisotopic (exact) mass is 1020 g/mol. The van der Waals surface area contributed by atoms with Gasteiger partial charge >= 0.3 is 30.3 Å². The van der Waals surface area contributed by atoms with Crippen LogP contribution >= 0.6 is 0 Å². The van der Waals surface area contributed by atoms with Gasteiger partial charge in [-0.15, -0.1) is 0 Å². The van der Waals surface area contributed by atoms with E-state index in [4.69, 9.17) is 29.4 Å². The van der Waals surface area contributed by atoms with E-state index >= 15 is 0 Å². The molecule has 21 heteroatoms. The van der Waals surface area contributed by atoms with Crippen LogP contribution in [0.5, 0.6) is 0 Å². The Bertz CT molecular complexity index is 1840. The molecule has 72 heavy (non-hydrogen) atoms. The normalized spacial score (nSPS) is 13.4. The topological polar surface area (TPSA) is 293 Å². The van der Waals surface area contributed by atoms with Crippen LogP contribution in [0.3, 0.4) is 0 Å². The van der Waals surface area contributed by atoms with Gasteiger partial charge in [0.05, 0.1) is 6.04 Å². The molecule has 410 valence electrons. The van der Waals surface area contributed by atoms with Gasteiger partial charge in [-0.1, -0.05) is 30.3 Å². The smallest absolute Gasteiger partial charge is 0.407 e. The molecule has 9 N–H and O–H groups in total. The predicted octanol–water partition coefficient (Wildman–Crippen LogP) is 6.29. The lowest BCUT2D eigenvalue weighted by Crippen LogP contribution is -2.57. The van der Waals surface area contributed by atoms with Crippen molar-refractivity contribution < 1.29 is 62.0 Å². The van der Waals surface area contributed by atoms with Crippen LogP contribution < -0.4 is 43.0 Å². The Kier molecular flexibility index (Phi) is 28.7. The number of hydrogen-bond acceptors (Lipinski definition) is 14. The average Bonchev–Trinajstić information content (AvgIpc) is 3.24. The van der Waals surface area contributed by atoms with Gasteiger partial charge in [0.15, 0.2) is 0 Å². The molecule has 0 heterocycles. The van der Waals surface area contributed by atoms with Crippen molar-refractivity contribution in [3.63, 3.8) is 0 Å². The van der Waals surface area contributed by atoms with E-state index in [1.807, 2.05) is 6.07 Å². The molecule has 1 aromatic rings. The van der Waals surface area contributed by atoms with Gasteiger partial charge in [0.2, 0.25) is 17.7 Å². The second-order valence-corrected chi connectivity index (χ2v) is 21.6. The van der Waals surface area contributed by atoms with Crippen molar-refractivity contribution in [2.24, 2.45) is 5.73 Å². The lowest BCUT2D eigenvalue weighted by atomic mass is 10.0. The fourth-order valence-electron chi connectivity index (χ4n) is 6.50. The molecule has 1 rings (SSSR count). The van der Waals surface area contributed by atoms with Crippen molar-refractivity contribution in [1.29, 1.82) is 0 Å². The number of amides is 7. The molecule has 1 aromatic carbocycles. The maximum absolute atomic E-state index is 14.3. The molecular formula is C51H88N8O13. The third-order valence-electron chi connectivity index (χ3n) is 9.80. The summed E-state index contributed by atoms with van der Waals surface area (Å²) >= 11 is 0. The molecule has 21 nitrogen and oxygen atoms in total. The summed E-state index contributed by atoms with van der Waals surface area (Å²) in [7, 11) is 0. The summed E-state index contributed by atoms with van der Waals surface area (Å²) in [6, 6.07) is 4.44. The highest BCUT2D eigenvalue weighted by Crippen LogP contribution is 2.13. The van der Waals surface area contributed by atoms with E-state index < -0.39 is 94.6 Å². The minimum Gasteiger partial charge on any atom is -0.459 e. The number of carbonyl (C=O) groups is 8. The number of ether oxygens (including phenoxy) is 5. The Labute approximate surface area is 427 Å². The molecule has 0 fully saturated rings. The van der Waals surface area contributed by atoms with Gasteiger partial charge in [-0.25, -0.2) is 24.0 Å². The van der Waals surface area contributed by atoms with E-state index in [0.29, 0.717) is 57.9 Å². The molecule has 4 atom stereocenters. The Morgan fingerprint density at radius 2 is 0.736 bits per heavy atom. The Morgan fingerprint density at radius 3 is 1.08 bits per heavy atom. The third-order valence-corrected chi connectivity index (χ3v) is 9.80. The van der Waals surface area contributed by atoms with Crippen molar-refractivity contribution in [3.05, 3.63) is 35.9 Å². The van der Waals surface area contributed by atoms with Crippen LogP contribution in [-0.2, 0) is 49.5 Å². The zero-order valence-electron chi connectivity index (χ0n) is 45.1. The van der Waals surface area contributed by atoms with Gasteiger partial charge in [0.25, 0.3) is 0 Å². The number of rotatable bonds is 29. The summed E-state index contributed by atoms with van der Waals surface area (Å²) in [5.41, 5.74) is 4.27. The highest BCUT2D eigenvalue weighted by atomic mass is 16.6. The molecular weight excluding hydrogens is 933 g/mol. The number of alkyl carbamates (subject to hydrolysis) is 4.